The van der Waals surface area contributed by atoms with Crippen molar-refractivity contribution in [1.82, 2.24) is 5.32 Å². The fraction of sp³-hybridized carbons (Fsp3) is 0.462. The van der Waals surface area contributed by atoms with Crippen molar-refractivity contribution in [2.75, 3.05) is 13.7 Å². The Balaban J connectivity index is 1.45. The largest absolute Gasteiger partial charge is 0.496 e. The fourth-order valence-electron chi connectivity index (χ4n) is 4.63. The van der Waals surface area contributed by atoms with Crippen LogP contribution in [0, 0.1) is 11.8 Å². The minimum Gasteiger partial charge on any atom is -0.496 e. The average Bonchev–Trinajstić information content (AvgIpc) is 3.53. The number of carbonyl (C=O) groups excluding carboxylic acids is 1. The van der Waals surface area contributed by atoms with Gasteiger partial charge >= 0.3 is 12.4 Å². The molecule has 4 nitrogen and oxygen atoms in total. The first-order valence-electron chi connectivity index (χ1n) is 11.9. The predicted molar refractivity (Wildman–Crippen MR) is 130 cm³/mol. The van der Waals surface area contributed by atoms with Gasteiger partial charge in [-0.25, -0.2) is 0 Å². The summed E-state index contributed by atoms with van der Waals surface area (Å²) in [4.78, 5) is 16.8. The predicted octanol–water partition coefficient (Wildman–Crippen LogP) is 6.30. The number of nitrogens with zero attached hydrogens (tertiary/aromatic N) is 1. The smallest absolute Gasteiger partial charge is 0.416 e. The summed E-state index contributed by atoms with van der Waals surface area (Å²) in [6, 6.07) is 7.16. The number of alkyl halides is 6. The van der Waals surface area contributed by atoms with Crippen molar-refractivity contribution in [3.05, 3.63) is 64.2 Å². The van der Waals surface area contributed by atoms with Crippen LogP contribution in [0.4, 0.5) is 26.3 Å². The lowest BCUT2D eigenvalue weighted by atomic mass is 9.96. The van der Waals surface area contributed by atoms with Crippen LogP contribution < -0.4 is 10.1 Å². The van der Waals surface area contributed by atoms with Crippen molar-refractivity contribution >= 4 is 22.8 Å². The molecule has 1 aliphatic carbocycles. The first kappa shape index (κ1) is 27.3. The number of nitrogens with one attached hydrogen (secondary N) is 1. The van der Waals surface area contributed by atoms with E-state index in [9.17, 15) is 31.1 Å². The van der Waals surface area contributed by atoms with Gasteiger partial charge in [-0.3, -0.25) is 9.79 Å². The fourth-order valence-corrected chi connectivity index (χ4v) is 6.03. The molecule has 2 aromatic rings. The zero-order valence-electron chi connectivity index (χ0n) is 20.2. The second kappa shape index (κ2) is 10.6. The van der Waals surface area contributed by atoms with Gasteiger partial charge in [-0.1, -0.05) is 36.9 Å². The highest BCUT2D eigenvalue weighted by atomic mass is 32.2. The van der Waals surface area contributed by atoms with Gasteiger partial charge in [-0.2, -0.15) is 26.3 Å². The van der Waals surface area contributed by atoms with Crippen molar-refractivity contribution in [2.45, 2.75) is 50.2 Å². The Kier molecular flexibility index (Phi) is 7.83. The number of methoxy groups -OCH3 is 1. The quantitative estimate of drug-likeness (QED) is 0.397. The van der Waals surface area contributed by atoms with Crippen LogP contribution in [0.3, 0.4) is 0 Å². The highest BCUT2D eigenvalue weighted by molar-refractivity contribution is 8.14. The maximum atomic E-state index is 13.5. The summed E-state index contributed by atoms with van der Waals surface area (Å²) in [5, 5.41) is 3.68. The van der Waals surface area contributed by atoms with Crippen LogP contribution in [0.5, 0.6) is 5.75 Å². The summed E-state index contributed by atoms with van der Waals surface area (Å²) in [5.41, 5.74) is -1.24. The first-order valence-corrected chi connectivity index (χ1v) is 12.8. The molecule has 1 N–H and O–H groups in total. The number of amidine groups is 1. The second-order valence-corrected chi connectivity index (χ2v) is 10.3. The summed E-state index contributed by atoms with van der Waals surface area (Å²) in [5.74, 6) is 0.529. The minimum absolute atomic E-state index is 0.0239. The third-order valence-electron chi connectivity index (χ3n) is 6.59. The van der Waals surface area contributed by atoms with E-state index in [2.05, 4.69) is 10.3 Å². The number of halogens is 6. The van der Waals surface area contributed by atoms with E-state index in [1.165, 1.54) is 7.11 Å². The van der Waals surface area contributed by atoms with Gasteiger partial charge in [0.15, 0.2) is 5.17 Å². The zero-order chi connectivity index (χ0) is 27.0. The van der Waals surface area contributed by atoms with E-state index >= 15 is 0 Å². The molecule has 37 heavy (non-hydrogen) atoms. The van der Waals surface area contributed by atoms with Gasteiger partial charge in [0.2, 0.25) is 5.91 Å². The van der Waals surface area contributed by atoms with Crippen LogP contribution in [0.25, 0.3) is 0 Å². The molecule has 0 aromatic heterocycles. The summed E-state index contributed by atoms with van der Waals surface area (Å²) in [7, 11) is 1.46. The van der Waals surface area contributed by atoms with Gasteiger partial charge in [0.05, 0.1) is 24.2 Å². The van der Waals surface area contributed by atoms with Crippen molar-refractivity contribution in [3.63, 3.8) is 0 Å². The first-order chi connectivity index (χ1) is 17.4. The highest BCUT2D eigenvalue weighted by Gasteiger charge is 2.58. The molecule has 2 aromatic carbocycles. The number of aliphatic imine (C=N–C) groups is 1. The van der Waals surface area contributed by atoms with E-state index < -0.39 is 23.5 Å². The van der Waals surface area contributed by atoms with Gasteiger partial charge in [-0.05, 0) is 66.5 Å². The summed E-state index contributed by atoms with van der Waals surface area (Å²) >= 11 is 1.58. The van der Waals surface area contributed by atoms with Crippen LogP contribution in [-0.2, 0) is 36.4 Å². The van der Waals surface area contributed by atoms with Crippen LogP contribution in [0.15, 0.2) is 41.4 Å². The molecule has 1 heterocycles. The average molecular weight is 545 g/mol. The highest BCUT2D eigenvalue weighted by Crippen LogP contribution is 2.53. The molecular formula is C26H26F6N2O2S. The lowest BCUT2D eigenvalue weighted by molar-refractivity contribution is -0.143. The maximum absolute atomic E-state index is 13.5. The molecule has 3 atom stereocenters. The van der Waals surface area contributed by atoms with E-state index in [1.807, 2.05) is 19.1 Å². The SMILES string of the molecule is CCCN=C1NC(=O)C2C(Cc3ccc(CCc4ccc(C(F)(F)F)cc4C(F)(F)F)c(OC)c3)C2S1. The number of thioether (sulfide) groups is 1. The van der Waals surface area contributed by atoms with Crippen LogP contribution in [-0.4, -0.2) is 30.0 Å². The molecule has 0 bridgehead atoms. The van der Waals surface area contributed by atoms with Gasteiger partial charge in [0.25, 0.3) is 0 Å². The topological polar surface area (TPSA) is 50.7 Å². The Morgan fingerprint density at radius 1 is 1.00 bits per heavy atom. The normalized spacial score (nSPS) is 22.5. The monoisotopic (exact) mass is 544 g/mol. The molecule has 200 valence electrons. The van der Waals surface area contributed by atoms with Crippen molar-refractivity contribution < 1.29 is 35.9 Å². The number of benzene rings is 2. The lowest BCUT2D eigenvalue weighted by Crippen LogP contribution is -2.34. The van der Waals surface area contributed by atoms with E-state index in [1.54, 1.807) is 17.8 Å². The van der Waals surface area contributed by atoms with Crippen molar-refractivity contribution in [3.8, 4) is 5.75 Å². The number of rotatable bonds is 8. The molecule has 2 aliphatic rings. The summed E-state index contributed by atoms with van der Waals surface area (Å²) in [6.07, 6.45) is -8.19. The van der Waals surface area contributed by atoms with E-state index in [0.717, 1.165) is 18.1 Å². The lowest BCUT2D eigenvalue weighted by Gasteiger charge is -2.17. The van der Waals surface area contributed by atoms with Gasteiger partial charge < -0.3 is 10.1 Å². The Labute approximate surface area is 214 Å². The number of hydrogen-bond acceptors (Lipinski definition) is 4. The molecule has 0 radical (unpaired) electrons. The third-order valence-corrected chi connectivity index (χ3v) is 7.95. The standard InChI is InChI=1S/C26H26F6N2O2S/c1-3-10-33-24-34-23(35)21-18(22(21)37-24)11-14-4-5-16(20(12-14)36-2)7-6-15-8-9-17(25(27,28)29)13-19(15)26(30,31)32/h4-5,8-9,12-13,18,21-22H,3,6-7,10-11H2,1-2H3,(H,33,34,35). The van der Waals surface area contributed by atoms with Crippen molar-refractivity contribution in [1.29, 1.82) is 0 Å². The summed E-state index contributed by atoms with van der Waals surface area (Å²) < 4.78 is 84.7. The van der Waals surface area contributed by atoms with Crippen LogP contribution in [0.1, 0.15) is 41.2 Å². The number of hydrogen-bond donors (Lipinski definition) is 1. The molecule has 11 heteroatoms. The molecule has 3 unspecified atom stereocenters. The molecule has 4 rings (SSSR count). The second-order valence-electron chi connectivity index (χ2n) is 9.17. The Hall–Kier alpha value is -2.69. The molecule has 2 fully saturated rings. The number of amides is 1. The molecule has 1 saturated heterocycles. The number of carbonyl (C=O) groups is 1. The Morgan fingerprint density at radius 2 is 1.70 bits per heavy atom. The van der Waals surface area contributed by atoms with E-state index in [4.69, 9.17) is 4.74 Å². The van der Waals surface area contributed by atoms with Crippen molar-refractivity contribution in [2.24, 2.45) is 16.8 Å². The number of aryl methyl sites for hydroxylation is 2. The van der Waals surface area contributed by atoms with Gasteiger partial charge in [-0.15, -0.1) is 0 Å². The minimum atomic E-state index is -4.91. The Bertz CT molecular complexity index is 1190. The molecule has 1 saturated carbocycles. The molecule has 1 amide bonds. The van der Waals surface area contributed by atoms with Crippen LogP contribution in [0.2, 0.25) is 0 Å². The summed E-state index contributed by atoms with van der Waals surface area (Å²) in [6.45, 7) is 2.66. The zero-order valence-corrected chi connectivity index (χ0v) is 21.0. The number of fused-ring (bicyclic) bond motifs is 1. The van der Waals surface area contributed by atoms with E-state index in [-0.39, 0.29) is 47.5 Å². The van der Waals surface area contributed by atoms with Gasteiger partial charge in [0.1, 0.15) is 5.75 Å². The maximum Gasteiger partial charge on any atom is 0.416 e. The Morgan fingerprint density at radius 3 is 2.35 bits per heavy atom. The van der Waals surface area contributed by atoms with E-state index in [0.29, 0.717) is 35.5 Å². The van der Waals surface area contributed by atoms with Gasteiger partial charge in [0, 0.05) is 11.8 Å². The molecular weight excluding hydrogens is 518 g/mol. The molecule has 0 spiro atoms. The number of ether oxygens (including phenoxy) is 1. The molecule has 1 aliphatic heterocycles. The van der Waals surface area contributed by atoms with Crippen LogP contribution >= 0.6 is 11.8 Å². The third kappa shape index (κ3) is 6.25.